The number of likely N-dealkylation sites (tertiary alicyclic amines) is 3. The maximum atomic E-state index is 14.4. The molecule has 4 saturated heterocycles. The Morgan fingerprint density at radius 1 is 1.02 bits per heavy atom. The number of amidine groups is 1. The van der Waals surface area contributed by atoms with E-state index in [1.165, 1.54) is 4.90 Å². The van der Waals surface area contributed by atoms with Crippen LogP contribution in [0, 0.1) is 5.92 Å². The van der Waals surface area contributed by atoms with Crippen LogP contribution < -0.4 is 15.2 Å². The van der Waals surface area contributed by atoms with Crippen molar-refractivity contribution in [2.45, 2.75) is 76.0 Å². The molecule has 1 aromatic heterocycles. The summed E-state index contributed by atoms with van der Waals surface area (Å²) in [6.07, 6.45) is 10.3. The van der Waals surface area contributed by atoms with Gasteiger partial charge >= 0.3 is 6.03 Å². The molecular formula is C40H47ClF2N10O5. The number of fused-ring (bicyclic) bond motifs is 3. The average molecular weight is 821 g/mol. The average Bonchev–Trinajstić information content (AvgIpc) is 4.03. The first-order valence-electron chi connectivity index (χ1n) is 20.3. The first kappa shape index (κ1) is 38.6. The number of ether oxygens (including phenoxy) is 1. The number of alkyl halides is 2. The SMILES string of the molecule is O=C1CCN(c2cc(C(=O)N3CCC(OCCCN4CCC(n5cc(N6CC=C7N=C(N8C[C@H]9C[C@@H]8CC9=O)C=CN76)c(C(F)F)n5)CC4)CC3)ccc2Cl)C(=O)N1. The number of ketones is 1. The van der Waals surface area contributed by atoms with Gasteiger partial charge in [0.15, 0.2) is 11.5 Å². The molecule has 308 valence electrons. The quantitative estimate of drug-likeness (QED) is 0.335. The second-order valence-corrected chi connectivity index (χ2v) is 16.5. The molecule has 1 aromatic carbocycles. The number of aliphatic imine (C=N–C) groups is 1. The Balaban J connectivity index is 0.710. The van der Waals surface area contributed by atoms with E-state index in [4.69, 9.17) is 21.3 Å². The van der Waals surface area contributed by atoms with Crippen molar-refractivity contribution in [3.63, 3.8) is 0 Å². The summed E-state index contributed by atoms with van der Waals surface area (Å²) in [4.78, 5) is 62.0. The van der Waals surface area contributed by atoms with Crippen LogP contribution in [-0.4, -0.2) is 130 Å². The highest BCUT2D eigenvalue weighted by Gasteiger charge is 2.45. The Hall–Kier alpha value is -4.87. The van der Waals surface area contributed by atoms with Crippen molar-refractivity contribution in [2.24, 2.45) is 10.9 Å². The van der Waals surface area contributed by atoms with Gasteiger partial charge in [0.05, 0.1) is 35.6 Å². The topological polar surface area (TPSA) is 139 Å². The van der Waals surface area contributed by atoms with Crippen LogP contribution in [0.5, 0.6) is 0 Å². The molecule has 0 spiro atoms. The van der Waals surface area contributed by atoms with E-state index < -0.39 is 12.5 Å². The number of benzene rings is 1. The minimum atomic E-state index is -2.72. The number of amides is 4. The van der Waals surface area contributed by atoms with Gasteiger partial charge in [-0.2, -0.15) is 5.10 Å². The van der Waals surface area contributed by atoms with Crippen molar-refractivity contribution in [1.82, 2.24) is 34.8 Å². The molecule has 18 heteroatoms. The lowest BCUT2D eigenvalue weighted by molar-refractivity contribution is -0.122. The summed E-state index contributed by atoms with van der Waals surface area (Å²) in [5.41, 5.74) is 0.982. The number of halogens is 3. The zero-order valence-electron chi connectivity index (χ0n) is 32.1. The van der Waals surface area contributed by atoms with E-state index in [-0.39, 0.29) is 54.6 Å². The Labute approximate surface area is 339 Å². The fourth-order valence-electron chi connectivity index (χ4n) is 9.35. The van der Waals surface area contributed by atoms with Gasteiger partial charge in [0.2, 0.25) is 5.91 Å². The molecule has 4 amide bonds. The molecule has 58 heavy (non-hydrogen) atoms. The van der Waals surface area contributed by atoms with Crippen LogP contribution in [0.25, 0.3) is 0 Å². The van der Waals surface area contributed by atoms with E-state index in [2.05, 4.69) is 20.2 Å². The Morgan fingerprint density at radius 3 is 2.55 bits per heavy atom. The third-order valence-electron chi connectivity index (χ3n) is 12.5. The molecule has 2 bridgehead atoms. The predicted octanol–water partition coefficient (Wildman–Crippen LogP) is 4.74. The molecule has 1 saturated carbocycles. The fraction of sp³-hybridized carbons (Fsp3) is 0.550. The number of imide groups is 1. The lowest BCUT2D eigenvalue weighted by Gasteiger charge is -2.34. The minimum Gasteiger partial charge on any atom is -0.378 e. The summed E-state index contributed by atoms with van der Waals surface area (Å²) in [5.74, 6) is 1.45. The van der Waals surface area contributed by atoms with Crippen LogP contribution in [0.2, 0.25) is 5.02 Å². The van der Waals surface area contributed by atoms with E-state index in [9.17, 15) is 28.0 Å². The summed E-state index contributed by atoms with van der Waals surface area (Å²) in [6, 6.07) is 4.53. The molecule has 1 aliphatic carbocycles. The van der Waals surface area contributed by atoms with Crippen LogP contribution in [0.1, 0.15) is 79.9 Å². The molecule has 7 aliphatic rings. The zero-order chi connectivity index (χ0) is 40.1. The van der Waals surface area contributed by atoms with Crippen molar-refractivity contribution < 1.29 is 32.7 Å². The van der Waals surface area contributed by atoms with E-state index in [1.54, 1.807) is 39.0 Å². The highest BCUT2D eigenvalue weighted by Crippen LogP contribution is 2.39. The van der Waals surface area contributed by atoms with Gasteiger partial charge in [-0.15, -0.1) is 0 Å². The number of Topliss-reactive ketones (excluding diaryl/α,β-unsaturated/α-hetero) is 1. The second kappa shape index (κ2) is 16.1. The highest BCUT2D eigenvalue weighted by molar-refractivity contribution is 6.34. The highest BCUT2D eigenvalue weighted by atomic mass is 35.5. The van der Waals surface area contributed by atoms with Gasteiger partial charge in [-0.3, -0.25) is 34.3 Å². The van der Waals surface area contributed by atoms with Gasteiger partial charge in [0.1, 0.15) is 17.3 Å². The third kappa shape index (κ3) is 7.59. The van der Waals surface area contributed by atoms with Crippen molar-refractivity contribution in [2.75, 3.05) is 68.9 Å². The van der Waals surface area contributed by atoms with Gasteiger partial charge in [-0.1, -0.05) is 11.6 Å². The number of carbonyl (C=O) groups excluding carboxylic acids is 4. The molecule has 0 unspecified atom stereocenters. The smallest absolute Gasteiger partial charge is 0.328 e. The summed E-state index contributed by atoms with van der Waals surface area (Å²) < 4.78 is 36.7. The molecule has 0 radical (unpaired) electrons. The number of hydrogen-bond donors (Lipinski definition) is 1. The first-order chi connectivity index (χ1) is 28.1. The number of aromatic nitrogens is 2. The molecule has 15 nitrogen and oxygen atoms in total. The van der Waals surface area contributed by atoms with Crippen LogP contribution in [0.3, 0.4) is 0 Å². The van der Waals surface area contributed by atoms with Crippen molar-refractivity contribution in [3.8, 4) is 0 Å². The Morgan fingerprint density at radius 2 is 1.83 bits per heavy atom. The molecule has 5 fully saturated rings. The number of rotatable bonds is 10. The summed E-state index contributed by atoms with van der Waals surface area (Å²) in [7, 11) is 0. The van der Waals surface area contributed by atoms with Crippen LogP contribution in [0.4, 0.5) is 25.0 Å². The number of piperidine rings is 3. The van der Waals surface area contributed by atoms with Gasteiger partial charge < -0.3 is 19.4 Å². The number of urea groups is 1. The maximum Gasteiger partial charge on any atom is 0.328 e. The Kier molecular flexibility index (Phi) is 10.7. The molecule has 9 rings (SSSR count). The van der Waals surface area contributed by atoms with Crippen LogP contribution in [0.15, 0.2) is 53.6 Å². The standard InChI is InChI=1S/C40H47ClF2N10O5/c41-30-3-2-25(21-31(30)49-16-10-36(55)45-40(49)57)39(56)48-14-6-29(7-15-48)58-19-1-11-47-12-4-27(5-13-47)51-24-32(37(46-51)38(42)43)52-17-9-35-44-34(8-18-53(35)52)50-23-26-20-28(50)22-33(26)54/h2-3,8-9,18,21,24,26-29,38H,1,4-7,10-17,19-20,22-23H2,(H,45,55,57)/t26-,28-/m1/s1. The number of hydrogen-bond acceptors (Lipinski definition) is 11. The van der Waals surface area contributed by atoms with E-state index in [0.29, 0.717) is 72.8 Å². The molecular weight excluding hydrogens is 774 g/mol. The summed E-state index contributed by atoms with van der Waals surface area (Å²) in [6.45, 7) is 5.56. The van der Waals surface area contributed by atoms with E-state index in [0.717, 1.165) is 64.0 Å². The fourth-order valence-corrected chi connectivity index (χ4v) is 9.57. The molecule has 2 atom stereocenters. The van der Waals surface area contributed by atoms with Crippen LogP contribution >= 0.6 is 11.6 Å². The Bertz CT molecular complexity index is 2060. The molecule has 1 N–H and O–H groups in total. The number of nitrogens with one attached hydrogen (secondary N) is 1. The van der Waals surface area contributed by atoms with Gasteiger partial charge in [0.25, 0.3) is 12.3 Å². The van der Waals surface area contributed by atoms with Crippen LogP contribution in [-0.2, 0) is 14.3 Å². The lowest BCUT2D eigenvalue weighted by Crippen LogP contribution is -2.49. The maximum absolute atomic E-state index is 14.4. The van der Waals surface area contributed by atoms with E-state index >= 15 is 0 Å². The zero-order valence-corrected chi connectivity index (χ0v) is 32.9. The molecule has 7 heterocycles. The summed E-state index contributed by atoms with van der Waals surface area (Å²) in [5, 5.41) is 10.6. The summed E-state index contributed by atoms with van der Waals surface area (Å²) >= 11 is 6.37. The van der Waals surface area contributed by atoms with Gasteiger partial charge in [0, 0.05) is 89.0 Å². The second-order valence-electron chi connectivity index (χ2n) is 16.1. The van der Waals surface area contributed by atoms with Gasteiger partial charge in [-0.25, -0.2) is 23.6 Å². The molecule has 6 aliphatic heterocycles. The number of carbonyl (C=O) groups is 4. The van der Waals surface area contributed by atoms with Crippen molar-refractivity contribution >= 4 is 52.4 Å². The van der Waals surface area contributed by atoms with Crippen molar-refractivity contribution in [3.05, 3.63) is 64.8 Å². The minimum absolute atomic E-state index is 0.0194. The normalized spacial score (nSPS) is 24.3. The van der Waals surface area contributed by atoms with Gasteiger partial charge in [-0.05, 0) is 68.9 Å². The van der Waals surface area contributed by atoms with E-state index in [1.807, 2.05) is 23.4 Å². The van der Waals surface area contributed by atoms with Crippen molar-refractivity contribution in [1.29, 1.82) is 0 Å². The third-order valence-corrected chi connectivity index (χ3v) is 12.9. The number of anilines is 2. The first-order valence-corrected chi connectivity index (χ1v) is 20.7. The monoisotopic (exact) mass is 820 g/mol. The lowest BCUT2D eigenvalue weighted by atomic mass is 10.0. The largest absolute Gasteiger partial charge is 0.378 e. The molecule has 2 aromatic rings. The number of hydrazine groups is 1. The predicted molar refractivity (Wildman–Crippen MR) is 210 cm³/mol. The number of nitrogens with zero attached hydrogens (tertiary/aromatic N) is 9.